The topological polar surface area (TPSA) is 101 Å². The Balaban J connectivity index is 1.51. The first-order chi connectivity index (χ1) is 13.6. The Labute approximate surface area is 162 Å². The Kier molecular flexibility index (Phi) is 6.31. The quantitative estimate of drug-likeness (QED) is 0.767. The fraction of sp³-hybridized carbons (Fsp3) is 0.350. The SMILES string of the molecule is CCOc1ccc(C(=O)NNC(=O)[C@H]2CCCN(C(=O)c3ccco3)C2)cc1. The number of likely N-dealkylation sites (tertiary alicyclic amines) is 1. The van der Waals surface area contributed by atoms with Crippen LogP contribution in [0.3, 0.4) is 0 Å². The molecular formula is C20H23N3O5. The summed E-state index contributed by atoms with van der Waals surface area (Å²) in [6, 6.07) is 9.88. The summed E-state index contributed by atoms with van der Waals surface area (Å²) in [5, 5.41) is 0. The Morgan fingerprint density at radius 1 is 1.18 bits per heavy atom. The minimum Gasteiger partial charge on any atom is -0.494 e. The van der Waals surface area contributed by atoms with Crippen LogP contribution in [0.5, 0.6) is 5.75 Å². The van der Waals surface area contributed by atoms with Gasteiger partial charge in [0.25, 0.3) is 11.8 Å². The van der Waals surface area contributed by atoms with Crippen molar-refractivity contribution in [3.05, 3.63) is 54.0 Å². The number of nitrogens with zero attached hydrogens (tertiary/aromatic N) is 1. The van der Waals surface area contributed by atoms with Crippen LogP contribution in [-0.4, -0.2) is 42.3 Å². The van der Waals surface area contributed by atoms with E-state index in [0.717, 1.165) is 0 Å². The van der Waals surface area contributed by atoms with Crippen molar-refractivity contribution in [3.63, 3.8) is 0 Å². The van der Waals surface area contributed by atoms with Gasteiger partial charge in [0, 0.05) is 18.7 Å². The van der Waals surface area contributed by atoms with Gasteiger partial charge in [0.1, 0.15) is 5.75 Å². The normalized spacial score (nSPS) is 16.3. The van der Waals surface area contributed by atoms with Crippen molar-refractivity contribution in [2.45, 2.75) is 19.8 Å². The number of nitrogens with one attached hydrogen (secondary N) is 2. The number of rotatable bonds is 5. The predicted octanol–water partition coefficient (Wildman–Crippen LogP) is 1.99. The molecule has 28 heavy (non-hydrogen) atoms. The maximum Gasteiger partial charge on any atom is 0.289 e. The standard InChI is InChI=1S/C20H23N3O5/c1-2-27-16-9-7-14(8-10-16)18(24)21-22-19(25)15-5-3-11-23(13-15)20(26)17-6-4-12-28-17/h4,6-10,12,15H,2-3,5,11,13H2,1H3,(H,21,24)(H,22,25)/t15-/m0/s1. The predicted molar refractivity (Wildman–Crippen MR) is 101 cm³/mol. The van der Waals surface area contributed by atoms with Gasteiger partial charge in [0.05, 0.1) is 18.8 Å². The van der Waals surface area contributed by atoms with Crippen molar-refractivity contribution < 1.29 is 23.5 Å². The third kappa shape index (κ3) is 4.70. The van der Waals surface area contributed by atoms with E-state index in [1.807, 2.05) is 6.92 Å². The zero-order chi connectivity index (χ0) is 19.9. The van der Waals surface area contributed by atoms with Crippen LogP contribution in [0.15, 0.2) is 47.1 Å². The lowest BCUT2D eigenvalue weighted by atomic mass is 9.97. The van der Waals surface area contributed by atoms with Gasteiger partial charge in [-0.3, -0.25) is 25.2 Å². The largest absolute Gasteiger partial charge is 0.494 e. The number of ether oxygens (including phenoxy) is 1. The van der Waals surface area contributed by atoms with Crippen molar-refractivity contribution in [1.29, 1.82) is 0 Å². The first kappa shape index (κ1) is 19.5. The smallest absolute Gasteiger partial charge is 0.289 e. The van der Waals surface area contributed by atoms with E-state index in [-0.39, 0.29) is 24.1 Å². The molecule has 0 unspecified atom stereocenters. The highest BCUT2D eigenvalue weighted by atomic mass is 16.5. The van der Waals surface area contributed by atoms with E-state index in [9.17, 15) is 14.4 Å². The summed E-state index contributed by atoms with van der Waals surface area (Å²) in [5.74, 6) is -0.447. The number of hydrogen-bond donors (Lipinski definition) is 2. The third-order valence-corrected chi connectivity index (χ3v) is 4.54. The number of piperidine rings is 1. The molecule has 1 saturated heterocycles. The molecule has 3 rings (SSSR count). The van der Waals surface area contributed by atoms with E-state index in [4.69, 9.17) is 9.15 Å². The Morgan fingerprint density at radius 2 is 1.96 bits per heavy atom. The zero-order valence-corrected chi connectivity index (χ0v) is 15.6. The number of amides is 3. The molecule has 148 valence electrons. The molecule has 2 N–H and O–H groups in total. The lowest BCUT2D eigenvalue weighted by molar-refractivity contribution is -0.127. The van der Waals surface area contributed by atoms with E-state index < -0.39 is 11.8 Å². The van der Waals surface area contributed by atoms with Crippen molar-refractivity contribution in [3.8, 4) is 5.75 Å². The van der Waals surface area contributed by atoms with Gasteiger partial charge in [0.15, 0.2) is 5.76 Å². The molecule has 1 fully saturated rings. The van der Waals surface area contributed by atoms with Gasteiger partial charge >= 0.3 is 0 Å². The van der Waals surface area contributed by atoms with Gasteiger partial charge in [-0.1, -0.05) is 0 Å². The molecule has 0 spiro atoms. The lowest BCUT2D eigenvalue weighted by Crippen LogP contribution is -2.50. The second kappa shape index (κ2) is 9.07. The summed E-state index contributed by atoms with van der Waals surface area (Å²) in [7, 11) is 0. The molecule has 8 heteroatoms. The highest BCUT2D eigenvalue weighted by Gasteiger charge is 2.30. The summed E-state index contributed by atoms with van der Waals surface area (Å²) in [5.41, 5.74) is 5.28. The molecule has 1 aromatic carbocycles. The van der Waals surface area contributed by atoms with Crippen LogP contribution in [0.1, 0.15) is 40.7 Å². The molecule has 2 heterocycles. The van der Waals surface area contributed by atoms with Gasteiger partial charge in [-0.05, 0) is 56.2 Å². The Hall–Kier alpha value is -3.29. The maximum absolute atomic E-state index is 12.4. The maximum atomic E-state index is 12.4. The summed E-state index contributed by atoms with van der Waals surface area (Å²) >= 11 is 0. The minimum absolute atomic E-state index is 0.235. The molecule has 1 aromatic heterocycles. The second-order valence-corrected chi connectivity index (χ2v) is 6.47. The molecule has 1 atom stereocenters. The van der Waals surface area contributed by atoms with Crippen LogP contribution in [0.4, 0.5) is 0 Å². The Morgan fingerprint density at radius 3 is 2.64 bits per heavy atom. The number of carbonyl (C=O) groups is 3. The molecule has 1 aliphatic heterocycles. The van der Waals surface area contributed by atoms with Gasteiger partial charge in [-0.15, -0.1) is 0 Å². The van der Waals surface area contributed by atoms with E-state index in [2.05, 4.69) is 10.9 Å². The average Bonchev–Trinajstić information content (AvgIpc) is 3.27. The molecule has 2 aromatic rings. The first-order valence-electron chi connectivity index (χ1n) is 9.24. The Bertz CT molecular complexity index is 817. The summed E-state index contributed by atoms with van der Waals surface area (Å²) in [6.45, 7) is 3.28. The summed E-state index contributed by atoms with van der Waals surface area (Å²) < 4.78 is 10.5. The number of carbonyl (C=O) groups excluding carboxylic acids is 3. The highest BCUT2D eigenvalue weighted by molar-refractivity contribution is 5.96. The molecule has 0 saturated carbocycles. The van der Waals surface area contributed by atoms with Crippen molar-refractivity contribution >= 4 is 17.7 Å². The summed E-state index contributed by atoms with van der Waals surface area (Å²) in [6.07, 6.45) is 2.79. The minimum atomic E-state index is -0.421. The van der Waals surface area contributed by atoms with E-state index in [1.54, 1.807) is 41.3 Å². The number of furan rings is 1. The molecule has 0 aliphatic carbocycles. The third-order valence-electron chi connectivity index (χ3n) is 4.54. The van der Waals surface area contributed by atoms with Crippen LogP contribution in [-0.2, 0) is 4.79 Å². The molecule has 1 aliphatic rings. The number of hydrazine groups is 1. The van der Waals surface area contributed by atoms with Crippen LogP contribution in [0, 0.1) is 5.92 Å². The molecule has 3 amide bonds. The highest BCUT2D eigenvalue weighted by Crippen LogP contribution is 2.19. The number of hydrogen-bond acceptors (Lipinski definition) is 5. The first-order valence-corrected chi connectivity index (χ1v) is 9.24. The molecule has 0 bridgehead atoms. The molecule has 8 nitrogen and oxygen atoms in total. The van der Waals surface area contributed by atoms with Gasteiger partial charge in [-0.2, -0.15) is 0 Å². The molecule has 0 radical (unpaired) electrons. The van der Waals surface area contributed by atoms with E-state index in [1.165, 1.54) is 6.26 Å². The van der Waals surface area contributed by atoms with E-state index >= 15 is 0 Å². The average molecular weight is 385 g/mol. The van der Waals surface area contributed by atoms with E-state index in [0.29, 0.717) is 37.3 Å². The van der Waals surface area contributed by atoms with Crippen LogP contribution >= 0.6 is 0 Å². The van der Waals surface area contributed by atoms with Crippen LogP contribution in [0.25, 0.3) is 0 Å². The van der Waals surface area contributed by atoms with Crippen molar-refractivity contribution in [1.82, 2.24) is 15.8 Å². The van der Waals surface area contributed by atoms with Gasteiger partial charge in [0.2, 0.25) is 5.91 Å². The fourth-order valence-electron chi connectivity index (χ4n) is 3.09. The number of benzene rings is 1. The zero-order valence-electron chi connectivity index (χ0n) is 15.6. The van der Waals surface area contributed by atoms with Gasteiger partial charge in [-0.25, -0.2) is 0 Å². The monoisotopic (exact) mass is 385 g/mol. The lowest BCUT2D eigenvalue weighted by Gasteiger charge is -2.31. The summed E-state index contributed by atoms with van der Waals surface area (Å²) in [4.78, 5) is 38.6. The second-order valence-electron chi connectivity index (χ2n) is 6.47. The van der Waals surface area contributed by atoms with Gasteiger partial charge < -0.3 is 14.1 Å². The van der Waals surface area contributed by atoms with Crippen molar-refractivity contribution in [2.24, 2.45) is 5.92 Å². The fourth-order valence-corrected chi connectivity index (χ4v) is 3.09. The molecular weight excluding hydrogens is 362 g/mol. The van der Waals surface area contributed by atoms with Crippen LogP contribution < -0.4 is 15.6 Å². The van der Waals surface area contributed by atoms with Crippen molar-refractivity contribution in [2.75, 3.05) is 19.7 Å². The van der Waals surface area contributed by atoms with Crippen LogP contribution in [0.2, 0.25) is 0 Å².